The molecule has 2 nitrogen and oxygen atoms in total. The molecule has 90 valence electrons. The van der Waals surface area contributed by atoms with Crippen LogP contribution in [-0.2, 0) is 4.74 Å². The van der Waals surface area contributed by atoms with Crippen molar-refractivity contribution in [2.45, 2.75) is 58.5 Å². The molecule has 0 aromatic heterocycles. The molecule has 15 heavy (non-hydrogen) atoms. The zero-order valence-corrected chi connectivity index (χ0v) is 10.4. The number of unbranched alkanes of at least 4 members (excludes halogenated alkanes) is 4. The predicted molar refractivity (Wildman–Crippen MR) is 65.1 cm³/mol. The fraction of sp³-hybridized carbons (Fsp3) is 1.00. The molecule has 2 heteroatoms. The topological polar surface area (TPSA) is 21.3 Å². The molecule has 1 rings (SSSR count). The van der Waals surface area contributed by atoms with Crippen LogP contribution in [-0.4, -0.2) is 25.8 Å². The summed E-state index contributed by atoms with van der Waals surface area (Å²) in [7, 11) is 0. The first-order chi connectivity index (χ1) is 7.34. The number of hydrogen-bond donors (Lipinski definition) is 1. The third-order valence-electron chi connectivity index (χ3n) is 3.34. The van der Waals surface area contributed by atoms with Crippen LogP contribution in [0.5, 0.6) is 0 Å². The Hall–Kier alpha value is -0.0800. The van der Waals surface area contributed by atoms with Crippen molar-refractivity contribution in [2.75, 3.05) is 19.7 Å². The molecule has 2 atom stereocenters. The van der Waals surface area contributed by atoms with Crippen LogP contribution in [0.15, 0.2) is 0 Å². The zero-order chi connectivity index (χ0) is 10.9. The highest BCUT2D eigenvalue weighted by atomic mass is 16.5. The summed E-state index contributed by atoms with van der Waals surface area (Å²) < 4.78 is 5.91. The highest BCUT2D eigenvalue weighted by molar-refractivity contribution is 4.75. The Morgan fingerprint density at radius 1 is 1.20 bits per heavy atom. The van der Waals surface area contributed by atoms with Crippen LogP contribution in [0.25, 0.3) is 0 Å². The molecular weight excluding hydrogens is 186 g/mol. The number of rotatable bonds is 7. The minimum Gasteiger partial charge on any atom is -0.377 e. The van der Waals surface area contributed by atoms with E-state index in [0.717, 1.165) is 25.6 Å². The molecule has 0 aromatic carbocycles. The van der Waals surface area contributed by atoms with Gasteiger partial charge in [0, 0.05) is 13.2 Å². The summed E-state index contributed by atoms with van der Waals surface area (Å²) in [5.74, 6) is 0.738. The molecule has 0 amide bonds. The molecular formula is C13H27NO. The summed E-state index contributed by atoms with van der Waals surface area (Å²) in [5, 5.41) is 3.40. The Balaban J connectivity index is 1.94. The molecule has 0 bridgehead atoms. The van der Waals surface area contributed by atoms with Crippen molar-refractivity contribution in [3.05, 3.63) is 0 Å². The molecule has 1 fully saturated rings. The Morgan fingerprint density at radius 2 is 2.00 bits per heavy atom. The molecule has 0 aromatic rings. The van der Waals surface area contributed by atoms with Crippen LogP contribution in [0.4, 0.5) is 0 Å². The number of piperidine rings is 1. The Morgan fingerprint density at radius 3 is 2.73 bits per heavy atom. The van der Waals surface area contributed by atoms with Crippen molar-refractivity contribution in [1.29, 1.82) is 0 Å². The molecule has 2 unspecified atom stereocenters. The van der Waals surface area contributed by atoms with Gasteiger partial charge in [0.1, 0.15) is 0 Å². The Bertz CT molecular complexity index is 149. The van der Waals surface area contributed by atoms with Crippen LogP contribution in [0, 0.1) is 5.92 Å². The fourth-order valence-corrected chi connectivity index (χ4v) is 2.12. The van der Waals surface area contributed by atoms with Crippen molar-refractivity contribution >= 4 is 0 Å². The predicted octanol–water partition coefficient (Wildman–Crippen LogP) is 2.97. The number of ether oxygens (including phenoxy) is 1. The largest absolute Gasteiger partial charge is 0.377 e. The van der Waals surface area contributed by atoms with E-state index in [1.165, 1.54) is 38.5 Å². The van der Waals surface area contributed by atoms with Gasteiger partial charge in [-0.2, -0.15) is 0 Å². The lowest BCUT2D eigenvalue weighted by Gasteiger charge is -2.29. The van der Waals surface area contributed by atoms with E-state index in [1.54, 1.807) is 0 Å². The lowest BCUT2D eigenvalue weighted by atomic mass is 9.97. The maximum atomic E-state index is 5.91. The summed E-state index contributed by atoms with van der Waals surface area (Å²) in [6.07, 6.45) is 8.38. The average Bonchev–Trinajstić information content (AvgIpc) is 2.25. The Kier molecular flexibility index (Phi) is 7.03. The highest BCUT2D eigenvalue weighted by Crippen LogP contribution is 2.15. The first-order valence-electron chi connectivity index (χ1n) is 6.67. The molecule has 1 N–H and O–H groups in total. The van der Waals surface area contributed by atoms with Gasteiger partial charge in [0.05, 0.1) is 6.10 Å². The van der Waals surface area contributed by atoms with E-state index < -0.39 is 0 Å². The SMILES string of the molecule is CCCCCCCOC1CNCCC1C. The number of hydrogen-bond acceptors (Lipinski definition) is 2. The summed E-state index contributed by atoms with van der Waals surface area (Å²) in [6, 6.07) is 0. The van der Waals surface area contributed by atoms with E-state index in [9.17, 15) is 0 Å². The van der Waals surface area contributed by atoms with Gasteiger partial charge >= 0.3 is 0 Å². The molecule has 1 heterocycles. The van der Waals surface area contributed by atoms with Gasteiger partial charge in [-0.15, -0.1) is 0 Å². The molecule has 1 aliphatic rings. The standard InChI is InChI=1S/C13H27NO/c1-3-4-5-6-7-10-15-13-11-14-9-8-12(13)2/h12-14H,3-11H2,1-2H3. The number of nitrogens with one attached hydrogen (secondary N) is 1. The molecule has 0 aliphatic carbocycles. The zero-order valence-electron chi connectivity index (χ0n) is 10.4. The van der Waals surface area contributed by atoms with Gasteiger partial charge in [-0.25, -0.2) is 0 Å². The second-order valence-electron chi connectivity index (χ2n) is 4.79. The summed E-state index contributed by atoms with van der Waals surface area (Å²) >= 11 is 0. The summed E-state index contributed by atoms with van der Waals surface area (Å²) in [4.78, 5) is 0. The van der Waals surface area contributed by atoms with Gasteiger partial charge in [-0.3, -0.25) is 0 Å². The van der Waals surface area contributed by atoms with Crippen LogP contribution in [0.3, 0.4) is 0 Å². The third-order valence-corrected chi connectivity index (χ3v) is 3.34. The van der Waals surface area contributed by atoms with Crippen molar-refractivity contribution < 1.29 is 4.74 Å². The lowest BCUT2D eigenvalue weighted by Crippen LogP contribution is -2.41. The smallest absolute Gasteiger partial charge is 0.0725 e. The second-order valence-corrected chi connectivity index (χ2v) is 4.79. The van der Waals surface area contributed by atoms with Gasteiger partial charge in [0.15, 0.2) is 0 Å². The van der Waals surface area contributed by atoms with E-state index in [1.807, 2.05) is 0 Å². The van der Waals surface area contributed by atoms with E-state index in [2.05, 4.69) is 19.2 Å². The average molecular weight is 213 g/mol. The quantitative estimate of drug-likeness (QED) is 0.656. The van der Waals surface area contributed by atoms with Crippen LogP contribution >= 0.6 is 0 Å². The van der Waals surface area contributed by atoms with E-state index in [0.29, 0.717) is 6.10 Å². The van der Waals surface area contributed by atoms with Crippen LogP contribution in [0.2, 0.25) is 0 Å². The maximum absolute atomic E-state index is 5.91. The minimum atomic E-state index is 0.463. The third kappa shape index (κ3) is 5.53. The minimum absolute atomic E-state index is 0.463. The van der Waals surface area contributed by atoms with Gasteiger partial charge in [0.2, 0.25) is 0 Å². The second kappa shape index (κ2) is 8.12. The summed E-state index contributed by atoms with van der Waals surface area (Å²) in [5.41, 5.74) is 0. The van der Waals surface area contributed by atoms with E-state index >= 15 is 0 Å². The Labute approximate surface area is 94.8 Å². The lowest BCUT2D eigenvalue weighted by molar-refractivity contribution is 0.00236. The van der Waals surface area contributed by atoms with Crippen molar-refractivity contribution in [3.8, 4) is 0 Å². The highest BCUT2D eigenvalue weighted by Gasteiger charge is 2.20. The van der Waals surface area contributed by atoms with Gasteiger partial charge < -0.3 is 10.1 Å². The first kappa shape index (κ1) is 13.0. The maximum Gasteiger partial charge on any atom is 0.0725 e. The molecule has 0 saturated carbocycles. The van der Waals surface area contributed by atoms with Gasteiger partial charge in [0.25, 0.3) is 0 Å². The van der Waals surface area contributed by atoms with Crippen LogP contribution < -0.4 is 5.32 Å². The van der Waals surface area contributed by atoms with Crippen molar-refractivity contribution in [1.82, 2.24) is 5.32 Å². The van der Waals surface area contributed by atoms with Crippen LogP contribution in [0.1, 0.15) is 52.4 Å². The fourth-order valence-electron chi connectivity index (χ4n) is 2.12. The normalized spacial score (nSPS) is 26.8. The molecule has 1 saturated heterocycles. The van der Waals surface area contributed by atoms with Gasteiger partial charge in [-0.05, 0) is 25.3 Å². The molecule has 0 spiro atoms. The van der Waals surface area contributed by atoms with Crippen molar-refractivity contribution in [2.24, 2.45) is 5.92 Å². The monoisotopic (exact) mass is 213 g/mol. The van der Waals surface area contributed by atoms with Gasteiger partial charge in [-0.1, -0.05) is 39.5 Å². The first-order valence-corrected chi connectivity index (χ1v) is 6.67. The molecule has 0 radical (unpaired) electrons. The summed E-state index contributed by atoms with van der Waals surface area (Å²) in [6.45, 7) is 7.74. The molecule has 1 aliphatic heterocycles. The van der Waals surface area contributed by atoms with Crippen molar-refractivity contribution in [3.63, 3.8) is 0 Å². The van der Waals surface area contributed by atoms with E-state index in [-0.39, 0.29) is 0 Å². The van der Waals surface area contributed by atoms with E-state index in [4.69, 9.17) is 4.74 Å².